The van der Waals surface area contributed by atoms with Crippen molar-refractivity contribution in [3.05, 3.63) is 16.7 Å². The van der Waals surface area contributed by atoms with Crippen LogP contribution in [0.15, 0.2) is 0 Å². The molecule has 1 saturated carbocycles. The molecule has 4 heteroatoms. The lowest BCUT2D eigenvalue weighted by molar-refractivity contribution is -0.112. The predicted octanol–water partition coefficient (Wildman–Crippen LogP) is 4.62. The molecule has 0 bridgehead atoms. The van der Waals surface area contributed by atoms with Gasteiger partial charge in [-0.05, 0) is 30.1 Å². The van der Waals surface area contributed by atoms with E-state index in [1.54, 1.807) is 0 Å². The Kier molecular flexibility index (Phi) is 3.45. The second-order valence-corrected chi connectivity index (χ2v) is 9.17. The molecule has 0 saturated heterocycles. The van der Waals surface area contributed by atoms with Gasteiger partial charge in [0.05, 0.1) is 0 Å². The molecule has 2 aliphatic carbocycles. The number of rotatable bonds is 2. The van der Waals surface area contributed by atoms with Gasteiger partial charge in [0.15, 0.2) is 11.5 Å². The van der Waals surface area contributed by atoms with Crippen molar-refractivity contribution in [3.63, 3.8) is 0 Å². The number of hydrogen-bond acceptors (Lipinski definition) is 4. The van der Waals surface area contributed by atoms with Crippen LogP contribution in [0.25, 0.3) is 0 Å². The zero-order valence-electron chi connectivity index (χ0n) is 15.8. The number of fused-ring (bicyclic) bond motifs is 5. The van der Waals surface area contributed by atoms with Crippen LogP contribution in [0.3, 0.4) is 0 Å². The lowest BCUT2D eigenvalue weighted by Gasteiger charge is -2.49. The minimum absolute atomic E-state index is 0.0361. The zero-order valence-corrected chi connectivity index (χ0v) is 15.8. The third-order valence-electron chi connectivity index (χ3n) is 6.90. The smallest absolute Gasteiger partial charge is 0.231 e. The molecule has 0 radical (unpaired) electrons. The van der Waals surface area contributed by atoms with Gasteiger partial charge in [-0.25, -0.2) is 0 Å². The van der Waals surface area contributed by atoms with E-state index >= 15 is 0 Å². The van der Waals surface area contributed by atoms with Gasteiger partial charge in [-0.3, -0.25) is 0 Å². The highest BCUT2D eigenvalue weighted by molar-refractivity contribution is 5.78. The molecular formula is C21H28O4. The predicted molar refractivity (Wildman–Crippen MR) is 95.6 cm³/mol. The molecular weight excluding hydrogens is 316 g/mol. The molecule has 4 nitrogen and oxygen atoms in total. The van der Waals surface area contributed by atoms with Crippen LogP contribution in [0.2, 0.25) is 0 Å². The first-order valence-electron chi connectivity index (χ1n) is 9.38. The standard InChI is InChI=1S/C21H28O4/c1-11(2)13-16(23)14-12(9-22)19-20(3,4)7-6-8-21(19,5)15(14)18-17(13)24-10-25-18/h9,11-12,19,23H,6-8,10H2,1-5H3/t12-,19-,21-/m1/s1. The fourth-order valence-electron chi connectivity index (χ4n) is 6.15. The molecule has 3 atom stereocenters. The Bertz CT molecular complexity index is 749. The van der Waals surface area contributed by atoms with Crippen molar-refractivity contribution in [2.24, 2.45) is 11.3 Å². The highest BCUT2D eigenvalue weighted by atomic mass is 16.7. The number of phenols is 1. The summed E-state index contributed by atoms with van der Waals surface area (Å²) < 4.78 is 11.7. The summed E-state index contributed by atoms with van der Waals surface area (Å²) in [6.45, 7) is 11.0. The second kappa shape index (κ2) is 5.15. The SMILES string of the molecule is CC(C)c1c(O)c2c(c3c1OCO3)[C@@]1(C)CCCC(C)(C)[C@H]1[C@@H]2C=O. The van der Waals surface area contributed by atoms with Crippen molar-refractivity contribution >= 4 is 6.29 Å². The molecule has 1 fully saturated rings. The Hall–Kier alpha value is -1.71. The third-order valence-corrected chi connectivity index (χ3v) is 6.90. The topological polar surface area (TPSA) is 55.8 Å². The molecule has 3 aliphatic rings. The summed E-state index contributed by atoms with van der Waals surface area (Å²) in [6, 6.07) is 0. The van der Waals surface area contributed by atoms with Crippen molar-refractivity contribution in [2.45, 2.75) is 71.1 Å². The van der Waals surface area contributed by atoms with Crippen molar-refractivity contribution < 1.29 is 19.4 Å². The number of carbonyl (C=O) groups excluding carboxylic acids is 1. The van der Waals surface area contributed by atoms with E-state index in [1.165, 1.54) is 0 Å². The molecule has 0 amide bonds. The summed E-state index contributed by atoms with van der Waals surface area (Å²) in [5.74, 6) is 1.67. The van der Waals surface area contributed by atoms with Gasteiger partial charge >= 0.3 is 0 Å². The summed E-state index contributed by atoms with van der Waals surface area (Å²) in [6.07, 6.45) is 4.28. The zero-order chi connectivity index (χ0) is 18.1. The molecule has 0 spiro atoms. The molecule has 1 aromatic carbocycles. The van der Waals surface area contributed by atoms with Gasteiger partial charge in [0, 0.05) is 28.0 Å². The second-order valence-electron chi connectivity index (χ2n) is 9.17. The number of benzene rings is 1. The number of ether oxygens (including phenoxy) is 2. The Morgan fingerprint density at radius 2 is 1.84 bits per heavy atom. The van der Waals surface area contributed by atoms with E-state index in [2.05, 4.69) is 20.8 Å². The maximum absolute atomic E-state index is 12.2. The number of aldehydes is 1. The van der Waals surface area contributed by atoms with E-state index in [0.29, 0.717) is 5.75 Å². The lowest BCUT2D eigenvalue weighted by atomic mass is 9.55. The van der Waals surface area contributed by atoms with Gasteiger partial charge in [0.1, 0.15) is 12.0 Å². The average Bonchev–Trinajstić information content (AvgIpc) is 3.07. The Morgan fingerprint density at radius 1 is 1.16 bits per heavy atom. The summed E-state index contributed by atoms with van der Waals surface area (Å²) in [4.78, 5) is 12.2. The molecule has 1 aliphatic heterocycles. The van der Waals surface area contributed by atoms with Crippen LogP contribution in [0.4, 0.5) is 0 Å². The summed E-state index contributed by atoms with van der Waals surface area (Å²) >= 11 is 0. The fourth-order valence-corrected chi connectivity index (χ4v) is 6.15. The van der Waals surface area contributed by atoms with Crippen molar-refractivity contribution in [2.75, 3.05) is 6.79 Å². The van der Waals surface area contributed by atoms with E-state index in [-0.39, 0.29) is 41.1 Å². The Labute approximate surface area is 149 Å². The molecule has 136 valence electrons. The monoisotopic (exact) mass is 344 g/mol. The number of phenolic OH excluding ortho intramolecular Hbond substituents is 1. The molecule has 1 N–H and O–H groups in total. The average molecular weight is 344 g/mol. The van der Waals surface area contributed by atoms with Gasteiger partial charge in [-0.1, -0.05) is 41.0 Å². The summed E-state index contributed by atoms with van der Waals surface area (Å²) in [5, 5.41) is 11.2. The van der Waals surface area contributed by atoms with Crippen LogP contribution in [-0.2, 0) is 10.2 Å². The minimum Gasteiger partial charge on any atom is -0.507 e. The Balaban J connectivity index is 2.08. The quantitative estimate of drug-likeness (QED) is 0.795. The van der Waals surface area contributed by atoms with Gasteiger partial charge in [0.25, 0.3) is 0 Å². The molecule has 1 heterocycles. The van der Waals surface area contributed by atoms with Crippen molar-refractivity contribution in [1.82, 2.24) is 0 Å². The molecule has 4 rings (SSSR count). The maximum Gasteiger partial charge on any atom is 0.231 e. The van der Waals surface area contributed by atoms with Gasteiger partial charge in [-0.2, -0.15) is 0 Å². The first-order chi connectivity index (χ1) is 11.7. The van der Waals surface area contributed by atoms with Crippen molar-refractivity contribution in [3.8, 4) is 17.2 Å². The van der Waals surface area contributed by atoms with E-state index < -0.39 is 0 Å². The van der Waals surface area contributed by atoms with Crippen LogP contribution in [-0.4, -0.2) is 18.2 Å². The largest absolute Gasteiger partial charge is 0.507 e. The highest BCUT2D eigenvalue weighted by Gasteiger charge is 2.60. The third kappa shape index (κ3) is 1.97. The first-order valence-corrected chi connectivity index (χ1v) is 9.38. The number of hydrogen-bond donors (Lipinski definition) is 1. The normalized spacial score (nSPS) is 31.8. The fraction of sp³-hybridized carbons (Fsp3) is 0.667. The van der Waals surface area contributed by atoms with Gasteiger partial charge in [0.2, 0.25) is 6.79 Å². The van der Waals surface area contributed by atoms with Gasteiger partial charge < -0.3 is 19.4 Å². The summed E-state index contributed by atoms with van der Waals surface area (Å²) in [7, 11) is 0. The molecule has 0 unspecified atom stereocenters. The Morgan fingerprint density at radius 3 is 2.48 bits per heavy atom. The highest BCUT2D eigenvalue weighted by Crippen LogP contribution is 2.68. The lowest BCUT2D eigenvalue weighted by Crippen LogP contribution is -2.44. The number of carbonyl (C=O) groups is 1. The van der Waals surface area contributed by atoms with Crippen LogP contribution in [0, 0.1) is 11.3 Å². The summed E-state index contributed by atoms with van der Waals surface area (Å²) in [5.41, 5.74) is 2.46. The molecule has 1 aromatic rings. The van der Waals surface area contributed by atoms with E-state index in [1.807, 2.05) is 13.8 Å². The molecule has 0 aromatic heterocycles. The van der Waals surface area contributed by atoms with Crippen LogP contribution in [0.5, 0.6) is 17.2 Å². The van der Waals surface area contributed by atoms with E-state index in [0.717, 1.165) is 48.0 Å². The van der Waals surface area contributed by atoms with Crippen LogP contribution >= 0.6 is 0 Å². The van der Waals surface area contributed by atoms with Crippen molar-refractivity contribution in [1.29, 1.82) is 0 Å². The van der Waals surface area contributed by atoms with Crippen LogP contribution < -0.4 is 9.47 Å². The van der Waals surface area contributed by atoms with E-state index in [4.69, 9.17) is 9.47 Å². The van der Waals surface area contributed by atoms with Crippen LogP contribution in [0.1, 0.15) is 82.4 Å². The maximum atomic E-state index is 12.2. The number of aromatic hydroxyl groups is 1. The first kappa shape index (κ1) is 16.7. The van der Waals surface area contributed by atoms with Gasteiger partial charge in [-0.15, -0.1) is 0 Å². The molecule has 25 heavy (non-hydrogen) atoms. The van der Waals surface area contributed by atoms with E-state index in [9.17, 15) is 9.90 Å². The minimum atomic E-state index is -0.290.